The monoisotopic (exact) mass is 334 g/mol. The quantitative estimate of drug-likeness (QED) is 0.749. The SMILES string of the molecule is CCOC(=O)[C@@H]1[C@@H](OC(=O)c2ccccc2)CN(C)CC(=O)N1C. The highest BCUT2D eigenvalue weighted by Gasteiger charge is 2.41. The molecule has 2 rings (SSSR count). The van der Waals surface area contributed by atoms with E-state index < -0.39 is 24.1 Å². The van der Waals surface area contributed by atoms with Crippen LogP contribution in [-0.4, -0.2) is 73.6 Å². The van der Waals surface area contributed by atoms with Crippen LogP contribution in [0.2, 0.25) is 0 Å². The van der Waals surface area contributed by atoms with E-state index in [1.165, 1.54) is 11.9 Å². The molecule has 1 aromatic rings. The summed E-state index contributed by atoms with van der Waals surface area (Å²) in [6.45, 7) is 2.28. The lowest BCUT2D eigenvalue weighted by atomic mass is 10.1. The molecule has 1 aliphatic heterocycles. The predicted molar refractivity (Wildman–Crippen MR) is 86.3 cm³/mol. The van der Waals surface area contributed by atoms with Crippen molar-refractivity contribution in [1.82, 2.24) is 9.80 Å². The molecular formula is C17H22N2O5. The Labute approximate surface area is 141 Å². The molecule has 0 unspecified atom stereocenters. The molecule has 0 spiro atoms. The molecule has 1 fully saturated rings. The molecule has 1 amide bonds. The molecule has 0 aromatic heterocycles. The number of carbonyl (C=O) groups is 3. The fourth-order valence-electron chi connectivity index (χ4n) is 2.64. The van der Waals surface area contributed by atoms with Gasteiger partial charge < -0.3 is 14.4 Å². The maximum atomic E-state index is 12.3. The molecule has 1 saturated heterocycles. The van der Waals surface area contributed by atoms with Crippen LogP contribution in [0.4, 0.5) is 0 Å². The van der Waals surface area contributed by atoms with Crippen molar-refractivity contribution in [3.8, 4) is 0 Å². The number of amides is 1. The summed E-state index contributed by atoms with van der Waals surface area (Å²) in [5.41, 5.74) is 0.390. The predicted octanol–water partition coefficient (Wildman–Crippen LogP) is 0.548. The van der Waals surface area contributed by atoms with Gasteiger partial charge in [0.05, 0.1) is 18.7 Å². The van der Waals surface area contributed by atoms with E-state index in [4.69, 9.17) is 9.47 Å². The zero-order valence-electron chi connectivity index (χ0n) is 14.1. The number of ether oxygens (including phenoxy) is 2. The smallest absolute Gasteiger partial charge is 0.338 e. The second kappa shape index (κ2) is 7.92. The van der Waals surface area contributed by atoms with Crippen molar-refractivity contribution in [1.29, 1.82) is 0 Å². The number of hydrogen-bond acceptors (Lipinski definition) is 6. The van der Waals surface area contributed by atoms with Gasteiger partial charge >= 0.3 is 11.9 Å². The molecule has 0 saturated carbocycles. The van der Waals surface area contributed by atoms with E-state index in [2.05, 4.69) is 0 Å². The average Bonchev–Trinajstić information content (AvgIpc) is 2.65. The highest BCUT2D eigenvalue weighted by atomic mass is 16.6. The van der Waals surface area contributed by atoms with E-state index in [0.717, 1.165) is 0 Å². The van der Waals surface area contributed by atoms with Gasteiger partial charge in [0.25, 0.3) is 0 Å². The molecule has 130 valence electrons. The number of rotatable bonds is 4. The van der Waals surface area contributed by atoms with Crippen LogP contribution < -0.4 is 0 Å². The highest BCUT2D eigenvalue weighted by Crippen LogP contribution is 2.17. The Kier molecular flexibility index (Phi) is 5.92. The van der Waals surface area contributed by atoms with Gasteiger partial charge in [-0.2, -0.15) is 0 Å². The molecule has 1 aromatic carbocycles. The third-order valence-corrected chi connectivity index (χ3v) is 3.86. The van der Waals surface area contributed by atoms with Crippen LogP contribution >= 0.6 is 0 Å². The first-order valence-electron chi connectivity index (χ1n) is 7.81. The lowest BCUT2D eigenvalue weighted by Gasteiger charge is -2.29. The molecule has 7 nitrogen and oxygen atoms in total. The van der Waals surface area contributed by atoms with Crippen molar-refractivity contribution in [2.45, 2.75) is 19.1 Å². The van der Waals surface area contributed by atoms with Crippen molar-refractivity contribution in [3.63, 3.8) is 0 Å². The fraction of sp³-hybridized carbons (Fsp3) is 0.471. The van der Waals surface area contributed by atoms with Gasteiger partial charge in [0.2, 0.25) is 5.91 Å². The molecule has 0 aliphatic carbocycles. The first-order chi connectivity index (χ1) is 11.4. The van der Waals surface area contributed by atoms with Gasteiger partial charge in [-0.1, -0.05) is 18.2 Å². The average molecular weight is 334 g/mol. The minimum Gasteiger partial charge on any atom is -0.464 e. The van der Waals surface area contributed by atoms with Gasteiger partial charge in [-0.25, -0.2) is 9.59 Å². The largest absolute Gasteiger partial charge is 0.464 e. The summed E-state index contributed by atoms with van der Waals surface area (Å²) in [6, 6.07) is 7.57. The summed E-state index contributed by atoms with van der Waals surface area (Å²) in [5, 5.41) is 0. The fourth-order valence-corrected chi connectivity index (χ4v) is 2.64. The Bertz CT molecular complexity index is 604. The minimum absolute atomic E-state index is 0.145. The van der Waals surface area contributed by atoms with Crippen LogP contribution in [0.3, 0.4) is 0 Å². The van der Waals surface area contributed by atoms with Gasteiger partial charge in [-0.15, -0.1) is 0 Å². The Hall–Kier alpha value is -2.41. The first-order valence-corrected chi connectivity index (χ1v) is 7.81. The van der Waals surface area contributed by atoms with Crippen LogP contribution in [0.15, 0.2) is 30.3 Å². The van der Waals surface area contributed by atoms with Gasteiger partial charge in [-0.3, -0.25) is 9.69 Å². The number of esters is 2. The van der Waals surface area contributed by atoms with E-state index >= 15 is 0 Å². The zero-order chi connectivity index (χ0) is 17.7. The van der Waals surface area contributed by atoms with Gasteiger partial charge in [0.1, 0.15) is 6.10 Å². The second-order valence-electron chi connectivity index (χ2n) is 5.71. The molecule has 0 N–H and O–H groups in total. The maximum Gasteiger partial charge on any atom is 0.338 e. The third kappa shape index (κ3) is 4.11. The lowest BCUT2D eigenvalue weighted by molar-refractivity contribution is -0.157. The summed E-state index contributed by atoms with van der Waals surface area (Å²) in [4.78, 5) is 39.9. The zero-order valence-corrected chi connectivity index (χ0v) is 14.1. The van der Waals surface area contributed by atoms with Crippen LogP contribution in [-0.2, 0) is 19.1 Å². The van der Waals surface area contributed by atoms with Crippen molar-refractivity contribution in [2.75, 3.05) is 33.8 Å². The molecule has 1 heterocycles. The van der Waals surface area contributed by atoms with Gasteiger partial charge in [-0.05, 0) is 26.1 Å². The normalized spacial score (nSPS) is 22.0. The number of carbonyl (C=O) groups excluding carboxylic acids is 3. The second-order valence-corrected chi connectivity index (χ2v) is 5.71. The van der Waals surface area contributed by atoms with Crippen LogP contribution in [0.25, 0.3) is 0 Å². The standard InChI is InChI=1S/C17H22N2O5/c1-4-23-17(22)15-13(10-18(2)11-14(20)19(15)3)24-16(21)12-8-6-5-7-9-12/h5-9,13,15H,4,10-11H2,1-3H3/t13-,15-/m0/s1. The Morgan fingerprint density at radius 2 is 1.88 bits per heavy atom. The Morgan fingerprint density at radius 1 is 1.21 bits per heavy atom. The lowest BCUT2D eigenvalue weighted by Crippen LogP contribution is -2.51. The molecule has 0 bridgehead atoms. The number of benzene rings is 1. The van der Waals surface area contributed by atoms with Gasteiger partial charge in [0.15, 0.2) is 6.04 Å². The molecule has 0 radical (unpaired) electrons. The molecular weight excluding hydrogens is 312 g/mol. The minimum atomic E-state index is -0.963. The van der Waals surface area contributed by atoms with Crippen LogP contribution in [0.5, 0.6) is 0 Å². The first kappa shape index (κ1) is 17.9. The third-order valence-electron chi connectivity index (χ3n) is 3.86. The molecule has 2 atom stereocenters. The highest BCUT2D eigenvalue weighted by molar-refractivity contribution is 5.91. The van der Waals surface area contributed by atoms with Crippen molar-refractivity contribution in [3.05, 3.63) is 35.9 Å². The van der Waals surface area contributed by atoms with Crippen LogP contribution in [0, 0.1) is 0 Å². The van der Waals surface area contributed by atoms with E-state index in [1.54, 1.807) is 49.2 Å². The topological polar surface area (TPSA) is 76.1 Å². The summed E-state index contributed by atoms with van der Waals surface area (Å²) < 4.78 is 10.6. The van der Waals surface area contributed by atoms with Gasteiger partial charge in [0, 0.05) is 13.6 Å². The summed E-state index contributed by atoms with van der Waals surface area (Å²) in [6.07, 6.45) is -0.807. The Balaban J connectivity index is 2.25. The number of likely N-dealkylation sites (N-methyl/N-ethyl adjacent to an activating group) is 2. The number of nitrogens with zero attached hydrogens (tertiary/aromatic N) is 2. The van der Waals surface area contributed by atoms with Crippen molar-refractivity contribution in [2.24, 2.45) is 0 Å². The number of hydrogen-bond donors (Lipinski definition) is 0. The molecule has 1 aliphatic rings. The molecule has 24 heavy (non-hydrogen) atoms. The summed E-state index contributed by atoms with van der Waals surface area (Å²) in [7, 11) is 3.26. The Morgan fingerprint density at radius 3 is 2.50 bits per heavy atom. The maximum absolute atomic E-state index is 12.3. The molecule has 7 heteroatoms. The van der Waals surface area contributed by atoms with Crippen molar-refractivity contribution < 1.29 is 23.9 Å². The van der Waals surface area contributed by atoms with Crippen molar-refractivity contribution >= 4 is 17.8 Å². The van der Waals surface area contributed by atoms with E-state index in [1.807, 2.05) is 0 Å². The summed E-state index contributed by atoms with van der Waals surface area (Å²) in [5.74, 6) is -1.34. The van der Waals surface area contributed by atoms with E-state index in [0.29, 0.717) is 5.56 Å². The van der Waals surface area contributed by atoms with E-state index in [-0.39, 0.29) is 25.6 Å². The van der Waals surface area contributed by atoms with E-state index in [9.17, 15) is 14.4 Å². The summed E-state index contributed by atoms with van der Waals surface area (Å²) >= 11 is 0. The van der Waals surface area contributed by atoms with Crippen LogP contribution in [0.1, 0.15) is 17.3 Å².